The number of para-hydroxylation sites is 1. The SMILES string of the molecule is C=C1C2CC(NC)CC1N2C.CCC1COCCN1c1nc2c(C=O)cccc2o1. The average Bonchev–Trinajstić information content (AvgIpc) is 3.24. The molecule has 3 unspecified atom stereocenters. The summed E-state index contributed by atoms with van der Waals surface area (Å²) in [4.78, 5) is 20.1. The van der Waals surface area contributed by atoms with Gasteiger partial charge in [-0.25, -0.2) is 0 Å². The van der Waals surface area contributed by atoms with E-state index in [4.69, 9.17) is 9.15 Å². The first-order valence-corrected chi connectivity index (χ1v) is 10.8. The number of nitrogens with zero attached hydrogens (tertiary/aromatic N) is 3. The predicted molar refractivity (Wildman–Crippen MR) is 118 cm³/mol. The van der Waals surface area contributed by atoms with Crippen molar-refractivity contribution in [2.75, 3.05) is 38.8 Å². The van der Waals surface area contributed by atoms with Crippen LogP contribution in [0.3, 0.4) is 0 Å². The minimum atomic E-state index is 0.279. The molecule has 4 heterocycles. The summed E-state index contributed by atoms with van der Waals surface area (Å²) in [6.07, 6.45) is 4.29. The van der Waals surface area contributed by atoms with Crippen LogP contribution in [0.4, 0.5) is 6.01 Å². The van der Waals surface area contributed by atoms with E-state index in [9.17, 15) is 4.79 Å². The lowest BCUT2D eigenvalue weighted by Crippen LogP contribution is -2.63. The number of carbonyl (C=O) groups excluding carboxylic acids is 1. The van der Waals surface area contributed by atoms with Gasteiger partial charge in [-0.15, -0.1) is 0 Å². The summed E-state index contributed by atoms with van der Waals surface area (Å²) >= 11 is 0. The van der Waals surface area contributed by atoms with Crippen molar-refractivity contribution in [1.82, 2.24) is 15.2 Å². The van der Waals surface area contributed by atoms with Crippen molar-refractivity contribution in [2.45, 2.75) is 50.4 Å². The van der Waals surface area contributed by atoms with Crippen molar-refractivity contribution in [2.24, 2.45) is 0 Å². The minimum absolute atomic E-state index is 0.279. The van der Waals surface area contributed by atoms with E-state index in [2.05, 4.69) is 47.7 Å². The number of aldehydes is 1. The van der Waals surface area contributed by atoms with Gasteiger partial charge >= 0.3 is 0 Å². The summed E-state index contributed by atoms with van der Waals surface area (Å²) < 4.78 is 11.3. The van der Waals surface area contributed by atoms with Crippen molar-refractivity contribution in [3.63, 3.8) is 0 Å². The quantitative estimate of drug-likeness (QED) is 0.612. The van der Waals surface area contributed by atoms with Crippen LogP contribution in [-0.4, -0.2) is 74.2 Å². The summed E-state index contributed by atoms with van der Waals surface area (Å²) in [5, 5.41) is 3.34. The Morgan fingerprint density at radius 3 is 2.73 bits per heavy atom. The van der Waals surface area contributed by atoms with Gasteiger partial charge in [-0.05, 0) is 51.1 Å². The molecule has 1 aromatic heterocycles. The molecule has 6 rings (SSSR count). The van der Waals surface area contributed by atoms with Crippen LogP contribution in [0.25, 0.3) is 11.1 Å². The van der Waals surface area contributed by atoms with Crippen molar-refractivity contribution < 1.29 is 13.9 Å². The van der Waals surface area contributed by atoms with E-state index in [1.165, 1.54) is 18.4 Å². The molecule has 2 aromatic rings. The fourth-order valence-electron chi connectivity index (χ4n) is 4.81. The maximum absolute atomic E-state index is 11.0. The number of benzene rings is 1. The van der Waals surface area contributed by atoms with Crippen LogP contribution in [0.15, 0.2) is 34.8 Å². The lowest BCUT2D eigenvalue weighted by atomic mass is 9.74. The summed E-state index contributed by atoms with van der Waals surface area (Å²) in [6.45, 7) is 8.34. The topological polar surface area (TPSA) is 70.8 Å². The number of likely N-dealkylation sites (N-methyl/N-ethyl adjacent to an activating group) is 1. The zero-order chi connectivity index (χ0) is 21.3. The number of nitrogens with one attached hydrogen (secondary N) is 1. The first-order valence-electron chi connectivity index (χ1n) is 10.8. The predicted octanol–water partition coefficient (Wildman–Crippen LogP) is 2.86. The third kappa shape index (κ3) is 3.77. The molecule has 4 aliphatic rings. The molecule has 0 amide bonds. The zero-order valence-electron chi connectivity index (χ0n) is 18.1. The van der Waals surface area contributed by atoms with Crippen LogP contribution in [0.5, 0.6) is 0 Å². The molecule has 3 saturated heterocycles. The van der Waals surface area contributed by atoms with Gasteiger partial charge in [-0.2, -0.15) is 4.98 Å². The molecule has 4 fully saturated rings. The molecule has 162 valence electrons. The highest BCUT2D eigenvalue weighted by Crippen LogP contribution is 2.40. The van der Waals surface area contributed by atoms with Gasteiger partial charge in [0.25, 0.3) is 6.01 Å². The second kappa shape index (κ2) is 8.88. The van der Waals surface area contributed by atoms with Crippen LogP contribution >= 0.6 is 0 Å². The van der Waals surface area contributed by atoms with E-state index < -0.39 is 0 Å². The molecule has 1 aliphatic carbocycles. The number of rotatable bonds is 4. The molecular formula is C23H32N4O3. The summed E-state index contributed by atoms with van der Waals surface area (Å²) in [5.74, 6) is 0. The van der Waals surface area contributed by atoms with Gasteiger partial charge < -0.3 is 19.4 Å². The number of morpholine rings is 1. The van der Waals surface area contributed by atoms with Crippen molar-refractivity contribution in [3.8, 4) is 0 Å². The van der Waals surface area contributed by atoms with Crippen molar-refractivity contribution in [3.05, 3.63) is 35.9 Å². The number of carbonyl (C=O) groups is 1. The number of fused-ring (bicyclic) bond motifs is 3. The van der Waals surface area contributed by atoms with E-state index >= 15 is 0 Å². The molecule has 3 atom stereocenters. The Labute approximate surface area is 178 Å². The third-order valence-electron chi connectivity index (χ3n) is 6.77. The Hall–Kier alpha value is -2.22. The van der Waals surface area contributed by atoms with E-state index in [0.29, 0.717) is 48.0 Å². The number of piperidine rings is 1. The van der Waals surface area contributed by atoms with Crippen molar-refractivity contribution >= 4 is 23.4 Å². The summed E-state index contributed by atoms with van der Waals surface area (Å²) in [5.41, 5.74) is 3.31. The first-order chi connectivity index (χ1) is 14.6. The van der Waals surface area contributed by atoms with Gasteiger partial charge in [0.1, 0.15) is 5.52 Å². The molecule has 2 bridgehead atoms. The van der Waals surface area contributed by atoms with Crippen LogP contribution in [0.2, 0.25) is 0 Å². The van der Waals surface area contributed by atoms with Gasteiger partial charge in [0, 0.05) is 30.2 Å². The molecule has 3 aliphatic heterocycles. The van der Waals surface area contributed by atoms with Crippen LogP contribution < -0.4 is 10.2 Å². The number of aromatic nitrogens is 1. The van der Waals surface area contributed by atoms with E-state index in [1.807, 2.05) is 6.07 Å². The van der Waals surface area contributed by atoms with Crippen LogP contribution in [0, 0.1) is 0 Å². The summed E-state index contributed by atoms with van der Waals surface area (Å²) in [7, 11) is 4.26. The normalized spacial score (nSPS) is 28.6. The second-order valence-electron chi connectivity index (χ2n) is 8.37. The van der Waals surface area contributed by atoms with E-state index in [1.54, 1.807) is 12.1 Å². The number of hydrogen-bond donors (Lipinski definition) is 1. The van der Waals surface area contributed by atoms with E-state index in [0.717, 1.165) is 25.3 Å². The monoisotopic (exact) mass is 412 g/mol. The minimum Gasteiger partial charge on any atom is -0.423 e. The molecular weight excluding hydrogens is 380 g/mol. The van der Waals surface area contributed by atoms with Gasteiger partial charge in [0.15, 0.2) is 11.9 Å². The molecule has 1 N–H and O–H groups in total. The highest BCUT2D eigenvalue weighted by molar-refractivity contribution is 5.93. The van der Waals surface area contributed by atoms with Gasteiger partial charge in [0.05, 0.1) is 19.3 Å². The lowest BCUT2D eigenvalue weighted by Gasteiger charge is -2.55. The molecule has 1 aromatic carbocycles. The maximum Gasteiger partial charge on any atom is 0.298 e. The fraction of sp³-hybridized carbons (Fsp3) is 0.565. The molecule has 1 saturated carbocycles. The number of anilines is 1. The standard InChI is InChI=1S/C14H16N2O3.C9H16N2/c1-2-11-9-18-7-6-16(11)14-15-13-10(8-17)4-3-5-12(13)19-14;1-6-8-4-7(10-2)5-9(6)11(8)3/h3-5,8,11H,2,6-7,9H2,1H3;7-10H,1,4-5H2,2-3H3. The Balaban J connectivity index is 0.000000168. The van der Waals surface area contributed by atoms with Crippen LogP contribution in [-0.2, 0) is 4.74 Å². The second-order valence-corrected chi connectivity index (χ2v) is 8.37. The molecule has 7 nitrogen and oxygen atoms in total. The molecule has 0 radical (unpaired) electrons. The Kier molecular flexibility index (Phi) is 6.22. The van der Waals surface area contributed by atoms with Gasteiger partial charge in [-0.3, -0.25) is 9.69 Å². The van der Waals surface area contributed by atoms with Crippen molar-refractivity contribution in [1.29, 1.82) is 0 Å². The summed E-state index contributed by atoms with van der Waals surface area (Å²) in [6, 6.07) is 8.32. The molecule has 0 spiro atoms. The Bertz CT molecular complexity index is 895. The maximum atomic E-state index is 11.0. The Morgan fingerprint density at radius 1 is 1.33 bits per heavy atom. The number of hydrogen-bond acceptors (Lipinski definition) is 7. The number of oxazole rings is 1. The Morgan fingerprint density at radius 2 is 2.10 bits per heavy atom. The fourth-order valence-corrected chi connectivity index (χ4v) is 4.81. The largest absolute Gasteiger partial charge is 0.423 e. The third-order valence-corrected chi connectivity index (χ3v) is 6.77. The number of ether oxygens (including phenoxy) is 1. The lowest BCUT2D eigenvalue weighted by molar-refractivity contribution is 0.0529. The van der Waals surface area contributed by atoms with E-state index in [-0.39, 0.29) is 6.04 Å². The molecule has 7 heteroatoms. The van der Waals surface area contributed by atoms with Crippen LogP contribution in [0.1, 0.15) is 36.5 Å². The average molecular weight is 413 g/mol. The highest BCUT2D eigenvalue weighted by atomic mass is 16.5. The van der Waals surface area contributed by atoms with Gasteiger partial charge in [-0.1, -0.05) is 19.6 Å². The highest BCUT2D eigenvalue weighted by Gasteiger charge is 2.45. The van der Waals surface area contributed by atoms with Gasteiger partial charge in [0.2, 0.25) is 0 Å². The first kappa shape index (κ1) is 21.0. The molecule has 30 heavy (non-hydrogen) atoms. The zero-order valence-corrected chi connectivity index (χ0v) is 18.1. The smallest absolute Gasteiger partial charge is 0.298 e.